The van der Waals surface area contributed by atoms with Gasteiger partial charge in [0.05, 0.1) is 6.04 Å². The molecule has 3 rings (SSSR count). The van der Waals surface area contributed by atoms with Gasteiger partial charge in [-0.15, -0.1) is 0 Å². The molecule has 3 aromatic rings. The first-order valence-corrected chi connectivity index (χ1v) is 8.00. The monoisotopic (exact) mass is 354 g/mol. The highest BCUT2D eigenvalue weighted by Gasteiger charge is 2.17. The van der Waals surface area contributed by atoms with Crippen LogP contribution in [0.1, 0.15) is 28.9 Å². The molecule has 0 aliphatic carbocycles. The van der Waals surface area contributed by atoms with E-state index in [1.807, 2.05) is 18.2 Å². The second kappa shape index (κ2) is 7.27. The Bertz CT molecular complexity index is 957. The minimum atomic E-state index is -0.528. The van der Waals surface area contributed by atoms with Gasteiger partial charge in [-0.2, -0.15) is 0 Å². The second-order valence-corrected chi connectivity index (χ2v) is 5.81. The maximum atomic E-state index is 12.4. The normalized spacial score (nSPS) is 11.8. The summed E-state index contributed by atoms with van der Waals surface area (Å²) in [5.41, 5.74) is 0.695. The maximum absolute atomic E-state index is 12.4. The highest BCUT2D eigenvalue weighted by atomic mass is 35.5. The van der Waals surface area contributed by atoms with Crippen LogP contribution in [-0.2, 0) is 0 Å². The van der Waals surface area contributed by atoms with Crippen LogP contribution in [0.4, 0.5) is 0 Å². The number of halogens is 1. The summed E-state index contributed by atoms with van der Waals surface area (Å²) in [6, 6.07) is 12.1. The molecule has 25 heavy (non-hydrogen) atoms. The SMILES string of the molecule is CC(NC(=O)c1cnc(-c2ccccn2)[nH]c1=O)c1ccccc1Cl. The fourth-order valence-corrected chi connectivity index (χ4v) is 2.67. The van der Waals surface area contributed by atoms with E-state index in [2.05, 4.69) is 20.3 Å². The quantitative estimate of drug-likeness (QED) is 0.754. The molecule has 0 fully saturated rings. The van der Waals surface area contributed by atoms with Crippen molar-refractivity contribution in [2.45, 2.75) is 13.0 Å². The summed E-state index contributed by atoms with van der Waals surface area (Å²) < 4.78 is 0. The number of nitrogens with zero attached hydrogens (tertiary/aromatic N) is 2. The molecular formula is C18H15ClN4O2. The molecule has 0 aliphatic heterocycles. The fourth-order valence-electron chi connectivity index (χ4n) is 2.37. The Hall–Kier alpha value is -2.99. The third kappa shape index (κ3) is 3.75. The first-order chi connectivity index (χ1) is 12.1. The number of hydrogen-bond acceptors (Lipinski definition) is 4. The largest absolute Gasteiger partial charge is 0.345 e. The van der Waals surface area contributed by atoms with Gasteiger partial charge in [-0.05, 0) is 30.7 Å². The van der Waals surface area contributed by atoms with E-state index in [0.29, 0.717) is 16.5 Å². The van der Waals surface area contributed by atoms with Crippen molar-refractivity contribution in [2.75, 3.05) is 0 Å². The Morgan fingerprint density at radius 1 is 1.16 bits per heavy atom. The zero-order valence-corrected chi connectivity index (χ0v) is 14.1. The Morgan fingerprint density at radius 2 is 1.92 bits per heavy atom. The number of benzene rings is 1. The molecule has 7 heteroatoms. The van der Waals surface area contributed by atoms with Crippen LogP contribution in [0.5, 0.6) is 0 Å². The number of carbonyl (C=O) groups is 1. The minimum absolute atomic E-state index is 0.0708. The molecular weight excluding hydrogens is 340 g/mol. The minimum Gasteiger partial charge on any atom is -0.345 e. The van der Waals surface area contributed by atoms with Gasteiger partial charge in [-0.25, -0.2) is 4.98 Å². The second-order valence-electron chi connectivity index (χ2n) is 5.41. The molecule has 0 saturated heterocycles. The van der Waals surface area contributed by atoms with E-state index >= 15 is 0 Å². The highest BCUT2D eigenvalue weighted by molar-refractivity contribution is 6.31. The van der Waals surface area contributed by atoms with Gasteiger partial charge in [0.2, 0.25) is 0 Å². The highest BCUT2D eigenvalue weighted by Crippen LogP contribution is 2.22. The van der Waals surface area contributed by atoms with Crippen LogP contribution in [0.25, 0.3) is 11.5 Å². The third-order valence-corrected chi connectivity index (χ3v) is 4.01. The maximum Gasteiger partial charge on any atom is 0.264 e. The number of hydrogen-bond donors (Lipinski definition) is 2. The van der Waals surface area contributed by atoms with Crippen LogP contribution in [0, 0.1) is 0 Å². The van der Waals surface area contributed by atoms with Gasteiger partial charge in [0, 0.05) is 17.4 Å². The van der Waals surface area contributed by atoms with E-state index < -0.39 is 11.5 Å². The molecule has 1 unspecified atom stereocenters. The molecule has 0 bridgehead atoms. The molecule has 1 amide bonds. The summed E-state index contributed by atoms with van der Waals surface area (Å²) >= 11 is 6.13. The fraction of sp³-hybridized carbons (Fsp3) is 0.111. The third-order valence-electron chi connectivity index (χ3n) is 3.67. The Labute approximate surface area is 148 Å². The Kier molecular flexibility index (Phi) is 4.90. The van der Waals surface area contributed by atoms with E-state index in [-0.39, 0.29) is 11.6 Å². The smallest absolute Gasteiger partial charge is 0.264 e. The van der Waals surface area contributed by atoms with Gasteiger partial charge in [0.1, 0.15) is 11.3 Å². The van der Waals surface area contributed by atoms with Crippen molar-refractivity contribution in [3.8, 4) is 11.5 Å². The molecule has 126 valence electrons. The van der Waals surface area contributed by atoms with Gasteiger partial charge in [-0.1, -0.05) is 35.9 Å². The molecule has 0 spiro atoms. The van der Waals surface area contributed by atoms with Crippen LogP contribution in [0.3, 0.4) is 0 Å². The van der Waals surface area contributed by atoms with Crippen LogP contribution in [0.2, 0.25) is 5.02 Å². The van der Waals surface area contributed by atoms with Gasteiger partial charge in [0.15, 0.2) is 5.82 Å². The van der Waals surface area contributed by atoms with Crippen molar-refractivity contribution in [2.24, 2.45) is 0 Å². The zero-order valence-electron chi connectivity index (χ0n) is 13.4. The lowest BCUT2D eigenvalue weighted by atomic mass is 10.1. The number of rotatable bonds is 4. The number of aromatic amines is 1. The van der Waals surface area contributed by atoms with Gasteiger partial charge in [0.25, 0.3) is 11.5 Å². The summed E-state index contributed by atoms with van der Waals surface area (Å²) in [4.78, 5) is 35.4. The first-order valence-electron chi connectivity index (χ1n) is 7.62. The molecule has 1 aromatic carbocycles. The van der Waals surface area contributed by atoms with Crippen LogP contribution in [-0.4, -0.2) is 20.9 Å². The molecule has 0 aliphatic rings. The Morgan fingerprint density at radius 3 is 2.60 bits per heavy atom. The molecule has 2 aromatic heterocycles. The lowest BCUT2D eigenvalue weighted by molar-refractivity contribution is 0.0938. The lowest BCUT2D eigenvalue weighted by Crippen LogP contribution is -2.32. The number of aromatic nitrogens is 3. The number of nitrogens with one attached hydrogen (secondary N) is 2. The van der Waals surface area contributed by atoms with Crippen molar-refractivity contribution < 1.29 is 4.79 Å². The zero-order chi connectivity index (χ0) is 17.8. The van der Waals surface area contributed by atoms with Crippen LogP contribution < -0.4 is 10.9 Å². The molecule has 0 radical (unpaired) electrons. The van der Waals surface area contributed by atoms with Crippen molar-refractivity contribution in [1.29, 1.82) is 0 Å². The lowest BCUT2D eigenvalue weighted by Gasteiger charge is -2.15. The predicted octanol–water partition coefficient (Wildman–Crippen LogP) is 2.98. The predicted molar refractivity (Wildman–Crippen MR) is 95.4 cm³/mol. The number of carbonyl (C=O) groups excluding carboxylic acids is 1. The number of pyridine rings is 1. The van der Waals surface area contributed by atoms with E-state index in [1.165, 1.54) is 6.20 Å². The van der Waals surface area contributed by atoms with E-state index in [4.69, 9.17) is 11.6 Å². The van der Waals surface area contributed by atoms with Gasteiger partial charge >= 0.3 is 0 Å². The van der Waals surface area contributed by atoms with E-state index in [9.17, 15) is 9.59 Å². The van der Waals surface area contributed by atoms with Crippen LogP contribution >= 0.6 is 11.6 Å². The summed E-state index contributed by atoms with van der Waals surface area (Å²) in [5, 5.41) is 3.30. The summed E-state index contributed by atoms with van der Waals surface area (Å²) in [5.74, 6) is -0.213. The molecule has 2 N–H and O–H groups in total. The van der Waals surface area contributed by atoms with Gasteiger partial charge in [-0.3, -0.25) is 14.6 Å². The molecule has 2 heterocycles. The van der Waals surface area contributed by atoms with Crippen molar-refractivity contribution in [3.63, 3.8) is 0 Å². The number of amides is 1. The van der Waals surface area contributed by atoms with Crippen molar-refractivity contribution >= 4 is 17.5 Å². The average Bonchev–Trinajstić information content (AvgIpc) is 2.62. The Balaban J connectivity index is 1.81. The standard InChI is InChI=1S/C18H15ClN4O2/c1-11(12-6-2-3-7-14(12)19)22-17(24)13-10-21-16(23-18(13)25)15-8-4-5-9-20-15/h2-11H,1H3,(H,22,24)(H,21,23,25). The molecule has 1 atom stereocenters. The average molecular weight is 355 g/mol. The van der Waals surface area contributed by atoms with Crippen molar-refractivity contribution in [1.82, 2.24) is 20.3 Å². The summed E-state index contributed by atoms with van der Waals surface area (Å²) in [6.07, 6.45) is 2.85. The van der Waals surface area contributed by atoms with E-state index in [1.54, 1.807) is 37.4 Å². The first kappa shape index (κ1) is 16.9. The number of H-pyrrole nitrogens is 1. The molecule has 6 nitrogen and oxygen atoms in total. The van der Waals surface area contributed by atoms with Gasteiger partial charge < -0.3 is 10.3 Å². The van der Waals surface area contributed by atoms with E-state index in [0.717, 1.165) is 5.56 Å². The molecule has 0 saturated carbocycles. The summed E-state index contributed by atoms with van der Waals surface area (Å²) in [6.45, 7) is 1.79. The van der Waals surface area contributed by atoms with Crippen molar-refractivity contribution in [3.05, 3.63) is 81.4 Å². The summed E-state index contributed by atoms with van der Waals surface area (Å²) in [7, 11) is 0. The van der Waals surface area contributed by atoms with Crippen LogP contribution in [0.15, 0.2) is 59.7 Å². The topological polar surface area (TPSA) is 87.7 Å².